The fourth-order valence-electron chi connectivity index (χ4n) is 2.18. The summed E-state index contributed by atoms with van der Waals surface area (Å²) in [5.74, 6) is -0.195. The van der Waals surface area contributed by atoms with Crippen LogP contribution in [0.1, 0.15) is 45.0 Å². The first-order valence-electron chi connectivity index (χ1n) is 7.52. The van der Waals surface area contributed by atoms with Gasteiger partial charge in [-0.25, -0.2) is 0 Å². The Bertz CT molecular complexity index is 415. The Morgan fingerprint density at radius 2 is 2.15 bits per heavy atom. The van der Waals surface area contributed by atoms with Gasteiger partial charge in [-0.05, 0) is 38.3 Å². The molecule has 0 radical (unpaired) electrons. The number of hydrogen-bond acceptors (Lipinski definition) is 4. The van der Waals surface area contributed by atoms with Crippen molar-refractivity contribution in [2.24, 2.45) is 0 Å². The van der Waals surface area contributed by atoms with Crippen molar-refractivity contribution in [3.8, 4) is 0 Å². The van der Waals surface area contributed by atoms with Crippen molar-refractivity contribution in [2.45, 2.75) is 59.0 Å². The Kier molecular flexibility index (Phi) is 7.30. The minimum Gasteiger partial charge on any atom is -0.468 e. The van der Waals surface area contributed by atoms with Crippen LogP contribution in [-0.2, 0) is 28.9 Å². The van der Waals surface area contributed by atoms with Crippen molar-refractivity contribution < 1.29 is 9.53 Å². The molecule has 0 amide bonds. The lowest BCUT2D eigenvalue weighted by molar-refractivity contribution is -0.143. The third-order valence-electron chi connectivity index (χ3n) is 3.39. The van der Waals surface area contributed by atoms with Gasteiger partial charge in [-0.15, -0.1) is 0 Å². The van der Waals surface area contributed by atoms with E-state index in [1.54, 1.807) is 0 Å². The van der Waals surface area contributed by atoms with Crippen LogP contribution < -0.4 is 5.32 Å². The fraction of sp³-hybridized carbons (Fsp3) is 0.733. The lowest BCUT2D eigenvalue weighted by atomic mass is 10.2. The van der Waals surface area contributed by atoms with E-state index in [1.807, 2.05) is 4.68 Å². The summed E-state index contributed by atoms with van der Waals surface area (Å²) in [6, 6.07) is 1.89. The first-order chi connectivity index (χ1) is 9.65. The SMILES string of the molecule is CCCNC(CCn1nc(CC)cc1CC)C(=O)OC. The summed E-state index contributed by atoms with van der Waals surface area (Å²) in [4.78, 5) is 11.7. The second kappa shape index (κ2) is 8.74. The Labute approximate surface area is 121 Å². The number of hydrogen-bond donors (Lipinski definition) is 1. The number of aromatic nitrogens is 2. The van der Waals surface area contributed by atoms with Gasteiger partial charge in [0.1, 0.15) is 6.04 Å². The van der Waals surface area contributed by atoms with Crippen LogP contribution in [-0.4, -0.2) is 35.4 Å². The van der Waals surface area contributed by atoms with E-state index in [0.29, 0.717) is 6.42 Å². The van der Waals surface area contributed by atoms with Crippen LogP contribution in [0, 0.1) is 0 Å². The molecule has 0 saturated carbocycles. The molecule has 1 aromatic heterocycles. The van der Waals surface area contributed by atoms with Crippen molar-refractivity contribution in [1.29, 1.82) is 0 Å². The van der Waals surface area contributed by atoms with Gasteiger partial charge in [-0.2, -0.15) is 5.10 Å². The maximum atomic E-state index is 11.7. The number of carbonyl (C=O) groups excluding carboxylic acids is 1. The summed E-state index contributed by atoms with van der Waals surface area (Å²) in [6.07, 6.45) is 3.59. The largest absolute Gasteiger partial charge is 0.468 e. The molecule has 1 rings (SSSR count). The van der Waals surface area contributed by atoms with Crippen LogP contribution in [0.3, 0.4) is 0 Å². The number of aryl methyl sites for hydroxylation is 3. The molecule has 0 bridgehead atoms. The molecule has 0 saturated heterocycles. The van der Waals surface area contributed by atoms with Crippen molar-refractivity contribution in [3.63, 3.8) is 0 Å². The zero-order valence-electron chi connectivity index (χ0n) is 13.1. The topological polar surface area (TPSA) is 56.2 Å². The molecule has 1 N–H and O–H groups in total. The van der Waals surface area contributed by atoms with Gasteiger partial charge < -0.3 is 10.1 Å². The third kappa shape index (κ3) is 4.63. The lowest BCUT2D eigenvalue weighted by Gasteiger charge is -2.16. The maximum absolute atomic E-state index is 11.7. The second-order valence-corrected chi connectivity index (χ2v) is 4.88. The molecule has 0 spiro atoms. The van der Waals surface area contributed by atoms with Crippen molar-refractivity contribution in [1.82, 2.24) is 15.1 Å². The summed E-state index contributed by atoms with van der Waals surface area (Å²) in [5, 5.41) is 7.81. The molecule has 0 aromatic carbocycles. The van der Waals surface area contributed by atoms with Crippen LogP contribution in [0.5, 0.6) is 0 Å². The van der Waals surface area contributed by atoms with Gasteiger partial charge >= 0.3 is 5.97 Å². The Morgan fingerprint density at radius 3 is 2.70 bits per heavy atom. The Morgan fingerprint density at radius 1 is 1.40 bits per heavy atom. The average molecular weight is 281 g/mol. The van der Waals surface area contributed by atoms with Gasteiger partial charge in [-0.3, -0.25) is 9.48 Å². The molecule has 1 aromatic rings. The first kappa shape index (κ1) is 16.7. The Balaban J connectivity index is 2.66. The number of rotatable bonds is 9. The quantitative estimate of drug-likeness (QED) is 0.703. The lowest BCUT2D eigenvalue weighted by Crippen LogP contribution is -2.39. The zero-order valence-corrected chi connectivity index (χ0v) is 13.1. The molecule has 20 heavy (non-hydrogen) atoms. The Hall–Kier alpha value is -1.36. The van der Waals surface area contributed by atoms with Crippen LogP contribution in [0.15, 0.2) is 6.07 Å². The number of nitrogens with one attached hydrogen (secondary N) is 1. The first-order valence-corrected chi connectivity index (χ1v) is 7.52. The van der Waals surface area contributed by atoms with Gasteiger partial charge in [0.25, 0.3) is 0 Å². The second-order valence-electron chi connectivity index (χ2n) is 4.88. The summed E-state index contributed by atoms with van der Waals surface area (Å²) in [7, 11) is 1.43. The molecule has 5 nitrogen and oxygen atoms in total. The molecular formula is C15H27N3O2. The van der Waals surface area contributed by atoms with Crippen LogP contribution in [0.2, 0.25) is 0 Å². The van der Waals surface area contributed by atoms with Crippen molar-refractivity contribution in [2.75, 3.05) is 13.7 Å². The van der Waals surface area contributed by atoms with E-state index < -0.39 is 0 Å². The highest BCUT2D eigenvalue weighted by atomic mass is 16.5. The summed E-state index contributed by atoms with van der Waals surface area (Å²) < 4.78 is 6.87. The van der Waals surface area contributed by atoms with E-state index in [4.69, 9.17) is 4.74 Å². The summed E-state index contributed by atoms with van der Waals surface area (Å²) in [5.41, 5.74) is 2.33. The minimum atomic E-state index is -0.251. The summed E-state index contributed by atoms with van der Waals surface area (Å²) in [6.45, 7) is 7.86. The molecule has 1 heterocycles. The highest BCUT2D eigenvalue weighted by Crippen LogP contribution is 2.08. The third-order valence-corrected chi connectivity index (χ3v) is 3.39. The van der Waals surface area contributed by atoms with Gasteiger partial charge in [0.2, 0.25) is 0 Å². The molecule has 0 aliphatic carbocycles. The van der Waals surface area contributed by atoms with Gasteiger partial charge in [0, 0.05) is 12.2 Å². The smallest absolute Gasteiger partial charge is 0.322 e. The van der Waals surface area contributed by atoms with Crippen LogP contribution >= 0.6 is 0 Å². The molecule has 5 heteroatoms. The number of methoxy groups -OCH3 is 1. The zero-order chi connectivity index (χ0) is 15.0. The minimum absolute atomic E-state index is 0.195. The molecule has 0 aliphatic heterocycles. The van der Waals surface area contributed by atoms with Gasteiger partial charge in [0.05, 0.1) is 12.8 Å². The van der Waals surface area contributed by atoms with Crippen molar-refractivity contribution in [3.05, 3.63) is 17.5 Å². The molecule has 1 unspecified atom stereocenters. The highest BCUT2D eigenvalue weighted by Gasteiger charge is 2.18. The van der Waals surface area contributed by atoms with Gasteiger partial charge in [0.15, 0.2) is 0 Å². The highest BCUT2D eigenvalue weighted by molar-refractivity contribution is 5.75. The van der Waals surface area contributed by atoms with E-state index in [9.17, 15) is 4.79 Å². The molecule has 114 valence electrons. The standard InChI is InChI=1S/C15H27N3O2/c1-5-9-16-14(15(19)20-4)8-10-18-13(7-3)11-12(6-2)17-18/h11,14,16H,5-10H2,1-4H3. The number of esters is 1. The van der Waals surface area contributed by atoms with Gasteiger partial charge in [-0.1, -0.05) is 20.8 Å². The predicted molar refractivity (Wildman–Crippen MR) is 79.7 cm³/mol. The molecule has 1 atom stereocenters. The van der Waals surface area contributed by atoms with Crippen LogP contribution in [0.4, 0.5) is 0 Å². The maximum Gasteiger partial charge on any atom is 0.322 e. The van der Waals surface area contributed by atoms with E-state index in [2.05, 4.69) is 37.3 Å². The predicted octanol–water partition coefficient (Wildman–Crippen LogP) is 1.94. The molecular weight excluding hydrogens is 254 g/mol. The van der Waals surface area contributed by atoms with E-state index >= 15 is 0 Å². The van der Waals surface area contributed by atoms with E-state index in [-0.39, 0.29) is 12.0 Å². The monoisotopic (exact) mass is 281 g/mol. The van der Waals surface area contributed by atoms with E-state index in [1.165, 1.54) is 12.8 Å². The van der Waals surface area contributed by atoms with Crippen molar-refractivity contribution >= 4 is 5.97 Å². The van der Waals surface area contributed by atoms with E-state index in [0.717, 1.165) is 38.0 Å². The number of carbonyl (C=O) groups is 1. The number of ether oxygens (including phenoxy) is 1. The normalized spacial score (nSPS) is 12.4. The fourth-order valence-corrected chi connectivity index (χ4v) is 2.18. The number of nitrogens with zero attached hydrogens (tertiary/aromatic N) is 2. The van der Waals surface area contributed by atoms with Crippen LogP contribution in [0.25, 0.3) is 0 Å². The average Bonchev–Trinajstić information content (AvgIpc) is 2.89. The molecule has 0 aliphatic rings. The molecule has 0 fully saturated rings. The summed E-state index contributed by atoms with van der Waals surface area (Å²) >= 11 is 0.